The van der Waals surface area contributed by atoms with E-state index < -0.39 is 50.7 Å². The van der Waals surface area contributed by atoms with Crippen LogP contribution in [0.5, 0.6) is 5.88 Å². The molecule has 1 aliphatic rings. The first-order valence-electron chi connectivity index (χ1n) is 16.5. The standard InChI is InChI=1S/C33H53N5O10S/c1-12-13-21-44-26-24-23(14-18-34-26)38(35-25(24)37(28(40)47-31(5,6)7)29(41)48-32(8,9)10)33(17-22-45-49(11,42)43)15-19-36(20-16-33)27(39)46-30(2,3)4/h14,18H,12-13,15-17,19-22H2,1-11H3. The average Bonchev–Trinajstić information content (AvgIpc) is 3.30. The van der Waals surface area contributed by atoms with Crippen LogP contribution in [-0.2, 0) is 34.1 Å². The highest BCUT2D eigenvalue weighted by molar-refractivity contribution is 7.85. The van der Waals surface area contributed by atoms with Gasteiger partial charge in [-0.15, -0.1) is 0 Å². The number of carbonyl (C=O) groups is 3. The van der Waals surface area contributed by atoms with E-state index in [9.17, 15) is 22.8 Å². The summed E-state index contributed by atoms with van der Waals surface area (Å²) in [5.41, 5.74) is -3.15. The lowest BCUT2D eigenvalue weighted by molar-refractivity contribution is 0.00798. The molecule has 3 amide bonds. The summed E-state index contributed by atoms with van der Waals surface area (Å²) < 4.78 is 53.9. The minimum Gasteiger partial charge on any atom is -0.477 e. The Morgan fingerprint density at radius 2 is 1.45 bits per heavy atom. The van der Waals surface area contributed by atoms with Crippen LogP contribution in [0.25, 0.3) is 10.9 Å². The van der Waals surface area contributed by atoms with Crippen molar-refractivity contribution in [2.75, 3.05) is 37.5 Å². The Labute approximate surface area is 289 Å². The molecule has 1 aliphatic heterocycles. The molecule has 0 atom stereocenters. The second-order valence-corrected chi connectivity index (χ2v) is 16.9. The lowest BCUT2D eigenvalue weighted by Crippen LogP contribution is -2.50. The van der Waals surface area contributed by atoms with Crippen LogP contribution < -0.4 is 9.64 Å². The first-order chi connectivity index (χ1) is 22.5. The van der Waals surface area contributed by atoms with Crippen molar-refractivity contribution in [3.8, 4) is 5.88 Å². The molecular weight excluding hydrogens is 658 g/mol. The Morgan fingerprint density at radius 3 is 1.94 bits per heavy atom. The third kappa shape index (κ3) is 11.2. The number of carbonyl (C=O) groups excluding carboxylic acids is 3. The largest absolute Gasteiger partial charge is 0.477 e. The van der Waals surface area contributed by atoms with Crippen molar-refractivity contribution in [1.29, 1.82) is 0 Å². The number of hydrogen-bond donors (Lipinski definition) is 0. The summed E-state index contributed by atoms with van der Waals surface area (Å²) >= 11 is 0. The van der Waals surface area contributed by atoms with Gasteiger partial charge in [0.2, 0.25) is 5.88 Å². The molecule has 15 nitrogen and oxygen atoms in total. The van der Waals surface area contributed by atoms with Gasteiger partial charge in [-0.05, 0) is 94.1 Å². The van der Waals surface area contributed by atoms with Gasteiger partial charge in [0.1, 0.15) is 22.2 Å². The van der Waals surface area contributed by atoms with Crippen LogP contribution >= 0.6 is 0 Å². The van der Waals surface area contributed by atoms with Crippen LogP contribution in [-0.4, -0.2) is 95.7 Å². The number of anilines is 1. The SMILES string of the molecule is CCCCOc1nccc2c1c(N(C(=O)OC(C)(C)C)C(=O)OC(C)(C)C)nn2C1(CCOS(C)(=O)=O)CCN(C(=O)OC(C)(C)C)CC1. The molecule has 16 heteroatoms. The fraction of sp³-hybridized carbons (Fsp3) is 0.727. The van der Waals surface area contributed by atoms with E-state index in [1.54, 1.807) is 78.0 Å². The number of unbranched alkanes of at least 4 members (excludes halogenated alkanes) is 1. The number of fused-ring (bicyclic) bond motifs is 1. The Kier molecular flexibility index (Phi) is 12.2. The van der Waals surface area contributed by atoms with Gasteiger partial charge in [0.15, 0.2) is 5.82 Å². The number of amides is 3. The summed E-state index contributed by atoms with van der Waals surface area (Å²) in [6.07, 6.45) is 2.33. The summed E-state index contributed by atoms with van der Waals surface area (Å²) in [6.45, 7) is 18.0. The summed E-state index contributed by atoms with van der Waals surface area (Å²) in [5, 5.41) is 5.16. The van der Waals surface area contributed by atoms with Gasteiger partial charge >= 0.3 is 18.3 Å². The van der Waals surface area contributed by atoms with E-state index in [0.29, 0.717) is 25.0 Å². The normalized spacial score (nSPS) is 15.5. The average molecular weight is 712 g/mol. The summed E-state index contributed by atoms with van der Waals surface area (Å²) in [6, 6.07) is 1.68. The second-order valence-electron chi connectivity index (χ2n) is 15.2. The minimum absolute atomic E-state index is 0.129. The molecule has 3 heterocycles. The van der Waals surface area contributed by atoms with Crippen LogP contribution in [0.15, 0.2) is 12.3 Å². The van der Waals surface area contributed by atoms with Gasteiger partial charge in [-0.3, -0.25) is 8.86 Å². The van der Waals surface area contributed by atoms with Crippen molar-refractivity contribution in [3.05, 3.63) is 12.3 Å². The molecule has 49 heavy (non-hydrogen) atoms. The van der Waals surface area contributed by atoms with Crippen molar-refractivity contribution in [3.63, 3.8) is 0 Å². The summed E-state index contributed by atoms with van der Waals surface area (Å²) in [5.74, 6) is 0.00845. The number of rotatable bonds is 10. The number of imide groups is 1. The summed E-state index contributed by atoms with van der Waals surface area (Å²) in [7, 11) is -3.78. The molecule has 1 saturated heterocycles. The van der Waals surface area contributed by atoms with Crippen molar-refractivity contribution < 1.29 is 45.9 Å². The van der Waals surface area contributed by atoms with Gasteiger partial charge < -0.3 is 23.8 Å². The topological polar surface area (TPSA) is 169 Å². The maximum Gasteiger partial charge on any atom is 0.425 e. The number of nitrogens with zero attached hydrogens (tertiary/aromatic N) is 5. The van der Waals surface area contributed by atoms with Crippen LogP contribution in [0.1, 0.15) is 101 Å². The highest BCUT2D eigenvalue weighted by Crippen LogP contribution is 2.42. The molecule has 0 saturated carbocycles. The quantitative estimate of drug-likeness (QED) is 0.152. The predicted octanol–water partition coefficient (Wildman–Crippen LogP) is 6.38. The highest BCUT2D eigenvalue weighted by atomic mass is 32.2. The van der Waals surface area contributed by atoms with Crippen LogP contribution in [0.4, 0.5) is 20.2 Å². The monoisotopic (exact) mass is 711 g/mol. The van der Waals surface area contributed by atoms with E-state index in [1.165, 1.54) is 6.20 Å². The molecule has 0 aliphatic carbocycles. The van der Waals surface area contributed by atoms with E-state index >= 15 is 0 Å². The Hall–Kier alpha value is -3.66. The van der Waals surface area contributed by atoms with Gasteiger partial charge in [0, 0.05) is 19.3 Å². The van der Waals surface area contributed by atoms with Crippen molar-refractivity contribution in [2.24, 2.45) is 0 Å². The van der Waals surface area contributed by atoms with Gasteiger partial charge in [-0.1, -0.05) is 13.3 Å². The lowest BCUT2D eigenvalue weighted by Gasteiger charge is -2.42. The number of hydrogen-bond acceptors (Lipinski definition) is 12. The number of aromatic nitrogens is 3. The molecule has 0 aromatic carbocycles. The first-order valence-corrected chi connectivity index (χ1v) is 18.4. The maximum absolute atomic E-state index is 13.8. The van der Waals surface area contributed by atoms with E-state index in [-0.39, 0.29) is 43.2 Å². The van der Waals surface area contributed by atoms with Crippen molar-refractivity contribution >= 4 is 45.1 Å². The first kappa shape index (κ1) is 39.8. The smallest absolute Gasteiger partial charge is 0.425 e. The zero-order valence-electron chi connectivity index (χ0n) is 30.7. The molecule has 0 unspecified atom stereocenters. The van der Waals surface area contributed by atoms with Crippen molar-refractivity contribution in [1.82, 2.24) is 19.7 Å². The fourth-order valence-electron chi connectivity index (χ4n) is 5.20. The molecule has 0 spiro atoms. The highest BCUT2D eigenvalue weighted by Gasteiger charge is 2.44. The van der Waals surface area contributed by atoms with E-state index in [4.69, 9.17) is 28.2 Å². The van der Waals surface area contributed by atoms with Crippen molar-refractivity contribution in [2.45, 2.75) is 124 Å². The van der Waals surface area contributed by atoms with Crippen LogP contribution in [0.3, 0.4) is 0 Å². The number of likely N-dealkylation sites (tertiary alicyclic amines) is 1. The molecule has 0 bridgehead atoms. The third-order valence-corrected chi connectivity index (χ3v) is 7.90. The maximum atomic E-state index is 13.8. The van der Waals surface area contributed by atoms with E-state index in [2.05, 4.69) is 4.98 Å². The molecule has 3 rings (SSSR count). The Balaban J connectivity index is 2.28. The third-order valence-electron chi connectivity index (χ3n) is 7.30. The molecule has 0 radical (unpaired) electrons. The number of piperidine rings is 1. The van der Waals surface area contributed by atoms with Gasteiger partial charge in [-0.25, -0.2) is 19.4 Å². The van der Waals surface area contributed by atoms with Gasteiger partial charge in [-0.2, -0.15) is 18.4 Å². The fourth-order valence-corrected chi connectivity index (χ4v) is 5.59. The Bertz CT molecular complexity index is 1570. The molecular formula is C33H53N5O10S. The zero-order valence-corrected chi connectivity index (χ0v) is 31.6. The Morgan fingerprint density at radius 1 is 0.898 bits per heavy atom. The number of pyridine rings is 1. The molecule has 276 valence electrons. The molecule has 1 fully saturated rings. The second kappa shape index (κ2) is 15.1. The predicted molar refractivity (Wildman–Crippen MR) is 183 cm³/mol. The zero-order chi connectivity index (χ0) is 37.0. The molecule has 0 N–H and O–H groups in total. The molecule has 2 aromatic heterocycles. The summed E-state index contributed by atoms with van der Waals surface area (Å²) in [4.78, 5) is 47.4. The molecule has 2 aromatic rings. The van der Waals surface area contributed by atoms with Crippen LogP contribution in [0.2, 0.25) is 0 Å². The van der Waals surface area contributed by atoms with Crippen LogP contribution in [0, 0.1) is 0 Å². The minimum atomic E-state index is -3.78. The number of ether oxygens (including phenoxy) is 4. The lowest BCUT2D eigenvalue weighted by atomic mass is 9.84. The van der Waals surface area contributed by atoms with Gasteiger partial charge in [0.05, 0.1) is 30.5 Å². The van der Waals surface area contributed by atoms with E-state index in [0.717, 1.165) is 24.0 Å². The van der Waals surface area contributed by atoms with Gasteiger partial charge in [0.25, 0.3) is 10.1 Å². The van der Waals surface area contributed by atoms with E-state index in [1.807, 2.05) is 6.92 Å².